The van der Waals surface area contributed by atoms with E-state index in [4.69, 9.17) is 4.74 Å². The van der Waals surface area contributed by atoms with E-state index in [-0.39, 0.29) is 12.2 Å². The zero-order chi connectivity index (χ0) is 20.6. The summed E-state index contributed by atoms with van der Waals surface area (Å²) in [6, 6.07) is 20.8. The molecular weight excluding hydrogens is 373 g/mol. The van der Waals surface area contributed by atoms with Crippen LogP contribution < -0.4 is 5.32 Å². The number of amides is 1. The van der Waals surface area contributed by atoms with Crippen LogP contribution >= 0.6 is 0 Å². The number of nitrogens with one attached hydrogen (secondary N) is 1. The van der Waals surface area contributed by atoms with Crippen LogP contribution in [0.3, 0.4) is 0 Å². The maximum Gasteiger partial charge on any atom is 0.310 e. The Kier molecular flexibility index (Phi) is 6.47. The molecule has 0 aromatic heterocycles. The maximum atomic E-state index is 12.9. The van der Waals surface area contributed by atoms with E-state index in [1.54, 1.807) is 48.5 Å². The molecule has 0 spiro atoms. The molecule has 0 fully saturated rings. The fourth-order valence-corrected chi connectivity index (χ4v) is 2.69. The van der Waals surface area contributed by atoms with Gasteiger partial charge in [0.25, 0.3) is 5.91 Å². The number of anilines is 1. The average Bonchev–Trinajstić information content (AvgIpc) is 2.74. The van der Waals surface area contributed by atoms with Crippen LogP contribution in [0.25, 0.3) is 0 Å². The van der Waals surface area contributed by atoms with Gasteiger partial charge in [0, 0.05) is 11.1 Å². The smallest absolute Gasteiger partial charge is 0.310 e. The van der Waals surface area contributed by atoms with Gasteiger partial charge in [0.1, 0.15) is 5.82 Å². The SMILES string of the molecule is O=C(COC(=O)Cc1ccc(F)cc1)Nc1ccccc1C(=O)c1ccccc1. The minimum atomic E-state index is -0.611. The molecule has 29 heavy (non-hydrogen) atoms. The van der Waals surface area contributed by atoms with E-state index in [9.17, 15) is 18.8 Å². The van der Waals surface area contributed by atoms with Crippen molar-refractivity contribution in [2.45, 2.75) is 6.42 Å². The molecule has 3 rings (SSSR count). The number of para-hydroxylation sites is 1. The molecule has 1 amide bonds. The van der Waals surface area contributed by atoms with E-state index in [0.717, 1.165) is 0 Å². The van der Waals surface area contributed by atoms with Gasteiger partial charge >= 0.3 is 5.97 Å². The minimum Gasteiger partial charge on any atom is -0.455 e. The Morgan fingerprint density at radius 2 is 1.48 bits per heavy atom. The Hall–Kier alpha value is -3.80. The first-order valence-corrected chi connectivity index (χ1v) is 8.91. The summed E-state index contributed by atoms with van der Waals surface area (Å²) in [5, 5.41) is 2.60. The minimum absolute atomic E-state index is 0.0728. The molecule has 0 aliphatic heterocycles. The normalized spacial score (nSPS) is 10.2. The average molecular weight is 391 g/mol. The Morgan fingerprint density at radius 1 is 0.828 bits per heavy atom. The highest BCUT2D eigenvalue weighted by molar-refractivity contribution is 6.13. The van der Waals surface area contributed by atoms with Crippen molar-refractivity contribution in [2.75, 3.05) is 11.9 Å². The Morgan fingerprint density at radius 3 is 2.21 bits per heavy atom. The number of halogens is 1. The van der Waals surface area contributed by atoms with Crippen molar-refractivity contribution in [3.8, 4) is 0 Å². The van der Waals surface area contributed by atoms with E-state index in [0.29, 0.717) is 22.4 Å². The molecule has 3 aromatic carbocycles. The molecule has 0 saturated heterocycles. The van der Waals surface area contributed by atoms with Crippen molar-refractivity contribution in [3.63, 3.8) is 0 Å². The summed E-state index contributed by atoms with van der Waals surface area (Å²) >= 11 is 0. The molecule has 0 atom stereocenters. The number of carbonyl (C=O) groups is 3. The van der Waals surface area contributed by atoms with Crippen molar-refractivity contribution < 1.29 is 23.5 Å². The number of hydrogen-bond donors (Lipinski definition) is 1. The monoisotopic (exact) mass is 391 g/mol. The van der Waals surface area contributed by atoms with Gasteiger partial charge in [-0.1, -0.05) is 54.6 Å². The third-order valence-electron chi connectivity index (χ3n) is 4.11. The molecule has 0 heterocycles. The number of hydrogen-bond acceptors (Lipinski definition) is 4. The number of esters is 1. The van der Waals surface area contributed by atoms with Crippen LogP contribution in [0.5, 0.6) is 0 Å². The largest absolute Gasteiger partial charge is 0.455 e. The number of benzene rings is 3. The molecule has 5 nitrogen and oxygen atoms in total. The standard InChI is InChI=1S/C23H18FNO4/c24-18-12-10-16(11-13-18)14-22(27)29-15-21(26)25-20-9-5-4-8-19(20)23(28)17-6-2-1-3-7-17/h1-13H,14-15H2,(H,25,26). The summed E-state index contributed by atoms with van der Waals surface area (Å²) in [7, 11) is 0. The topological polar surface area (TPSA) is 72.5 Å². The summed E-state index contributed by atoms with van der Waals surface area (Å²) in [6.45, 7) is -0.492. The van der Waals surface area contributed by atoms with Gasteiger partial charge in [0.15, 0.2) is 12.4 Å². The van der Waals surface area contributed by atoms with Gasteiger partial charge in [-0.15, -0.1) is 0 Å². The molecule has 0 aliphatic carbocycles. The Labute approximate surface area is 167 Å². The number of carbonyl (C=O) groups excluding carboxylic acids is 3. The lowest BCUT2D eigenvalue weighted by atomic mass is 10.0. The number of rotatable bonds is 7. The third-order valence-corrected chi connectivity index (χ3v) is 4.11. The molecule has 0 radical (unpaired) electrons. The van der Waals surface area contributed by atoms with Gasteiger partial charge < -0.3 is 10.1 Å². The predicted octanol–water partition coefficient (Wildman–Crippen LogP) is 3.78. The van der Waals surface area contributed by atoms with Crippen LogP contribution in [0, 0.1) is 5.82 Å². The summed E-state index contributed by atoms with van der Waals surface area (Å²) in [6.07, 6.45) is -0.0728. The van der Waals surface area contributed by atoms with Crippen LogP contribution in [0.15, 0.2) is 78.9 Å². The molecule has 0 saturated carbocycles. The van der Waals surface area contributed by atoms with Crippen molar-refractivity contribution in [1.82, 2.24) is 0 Å². The Bertz CT molecular complexity index is 1020. The first kappa shape index (κ1) is 19.9. The molecule has 0 bridgehead atoms. The van der Waals surface area contributed by atoms with Gasteiger partial charge in [-0.05, 0) is 29.8 Å². The van der Waals surface area contributed by atoms with E-state index < -0.39 is 24.3 Å². The first-order valence-electron chi connectivity index (χ1n) is 8.91. The van der Waals surface area contributed by atoms with Crippen molar-refractivity contribution in [1.29, 1.82) is 0 Å². The second-order valence-electron chi connectivity index (χ2n) is 6.25. The number of ketones is 1. The second kappa shape index (κ2) is 9.41. The van der Waals surface area contributed by atoms with Gasteiger partial charge in [0.2, 0.25) is 0 Å². The molecule has 146 valence electrons. The van der Waals surface area contributed by atoms with Gasteiger partial charge in [0.05, 0.1) is 12.1 Å². The zero-order valence-corrected chi connectivity index (χ0v) is 15.4. The van der Waals surface area contributed by atoms with Crippen molar-refractivity contribution in [3.05, 3.63) is 101 Å². The summed E-state index contributed by atoms with van der Waals surface area (Å²) in [5.74, 6) is -1.80. The second-order valence-corrected chi connectivity index (χ2v) is 6.25. The lowest BCUT2D eigenvalue weighted by molar-refractivity contribution is -0.146. The molecular formula is C23H18FNO4. The van der Waals surface area contributed by atoms with E-state index in [2.05, 4.69) is 5.32 Å². The van der Waals surface area contributed by atoms with E-state index in [1.807, 2.05) is 6.07 Å². The summed E-state index contributed by atoms with van der Waals surface area (Å²) < 4.78 is 17.9. The molecule has 1 N–H and O–H groups in total. The van der Waals surface area contributed by atoms with Crippen molar-refractivity contribution >= 4 is 23.3 Å². The molecule has 0 aliphatic rings. The summed E-state index contributed by atoms with van der Waals surface area (Å²) in [5.41, 5.74) is 1.75. The van der Waals surface area contributed by atoms with Crippen LogP contribution in [0.1, 0.15) is 21.5 Å². The Balaban J connectivity index is 1.59. The van der Waals surface area contributed by atoms with Gasteiger partial charge in [-0.25, -0.2) is 4.39 Å². The highest BCUT2D eigenvalue weighted by atomic mass is 19.1. The van der Waals surface area contributed by atoms with E-state index >= 15 is 0 Å². The predicted molar refractivity (Wildman–Crippen MR) is 106 cm³/mol. The lowest BCUT2D eigenvalue weighted by Crippen LogP contribution is -2.22. The fourth-order valence-electron chi connectivity index (χ4n) is 2.69. The zero-order valence-electron chi connectivity index (χ0n) is 15.4. The van der Waals surface area contributed by atoms with E-state index in [1.165, 1.54) is 24.3 Å². The third kappa shape index (κ3) is 5.59. The first-order chi connectivity index (χ1) is 14.0. The van der Waals surface area contributed by atoms with Crippen molar-refractivity contribution in [2.24, 2.45) is 0 Å². The fraction of sp³-hybridized carbons (Fsp3) is 0.0870. The summed E-state index contributed by atoms with van der Waals surface area (Å²) in [4.78, 5) is 36.7. The lowest BCUT2D eigenvalue weighted by Gasteiger charge is -2.11. The van der Waals surface area contributed by atoms with Crippen LogP contribution in [0.4, 0.5) is 10.1 Å². The number of ether oxygens (including phenoxy) is 1. The van der Waals surface area contributed by atoms with Gasteiger partial charge in [-0.2, -0.15) is 0 Å². The quantitative estimate of drug-likeness (QED) is 0.491. The highest BCUT2D eigenvalue weighted by Gasteiger charge is 2.15. The molecule has 6 heteroatoms. The molecule has 0 unspecified atom stereocenters. The maximum absolute atomic E-state index is 12.9. The van der Waals surface area contributed by atoms with Crippen LogP contribution in [0.2, 0.25) is 0 Å². The molecule has 3 aromatic rings. The van der Waals surface area contributed by atoms with Gasteiger partial charge in [-0.3, -0.25) is 14.4 Å². The highest BCUT2D eigenvalue weighted by Crippen LogP contribution is 2.19. The van der Waals surface area contributed by atoms with Crippen LogP contribution in [-0.4, -0.2) is 24.3 Å². The van der Waals surface area contributed by atoms with Crippen LogP contribution in [-0.2, 0) is 20.7 Å².